The molecule has 1 aliphatic heterocycles. The molecule has 1 heterocycles. The second kappa shape index (κ2) is 4.39. The summed E-state index contributed by atoms with van der Waals surface area (Å²) in [4.78, 5) is 0. The molecule has 1 unspecified atom stereocenters. The lowest BCUT2D eigenvalue weighted by molar-refractivity contribution is 0.0527. The molecule has 0 saturated carbocycles. The molecule has 4 nitrogen and oxygen atoms in total. The van der Waals surface area contributed by atoms with Crippen molar-refractivity contribution in [3.63, 3.8) is 0 Å². The highest BCUT2D eigenvalue weighted by Gasteiger charge is 2.23. The number of primary sulfonamides is 1. The number of nitrogens with two attached hydrogens (primary N) is 1. The second-order valence-electron chi connectivity index (χ2n) is 3.76. The fourth-order valence-corrected chi connectivity index (χ4v) is 2.79. The van der Waals surface area contributed by atoms with Crippen LogP contribution in [0.1, 0.15) is 19.8 Å². The number of hydrogen-bond donors (Lipinski definition) is 1. The van der Waals surface area contributed by atoms with Gasteiger partial charge in [-0.15, -0.1) is 0 Å². The van der Waals surface area contributed by atoms with E-state index in [2.05, 4.69) is 0 Å². The van der Waals surface area contributed by atoms with Crippen LogP contribution in [0.4, 0.5) is 0 Å². The molecule has 0 radical (unpaired) electrons. The molecule has 0 aliphatic carbocycles. The van der Waals surface area contributed by atoms with Gasteiger partial charge in [0.1, 0.15) is 0 Å². The van der Waals surface area contributed by atoms with Gasteiger partial charge in [0.25, 0.3) is 0 Å². The van der Waals surface area contributed by atoms with Crippen LogP contribution in [0.2, 0.25) is 0 Å². The van der Waals surface area contributed by atoms with E-state index >= 15 is 0 Å². The molecule has 78 valence electrons. The van der Waals surface area contributed by atoms with Crippen molar-refractivity contribution < 1.29 is 13.2 Å². The topological polar surface area (TPSA) is 69.4 Å². The van der Waals surface area contributed by atoms with Crippen molar-refractivity contribution in [3.05, 3.63) is 0 Å². The van der Waals surface area contributed by atoms with Crippen LogP contribution in [0.25, 0.3) is 0 Å². The van der Waals surface area contributed by atoms with Gasteiger partial charge in [0.15, 0.2) is 0 Å². The maximum absolute atomic E-state index is 10.8. The summed E-state index contributed by atoms with van der Waals surface area (Å²) >= 11 is 0. The van der Waals surface area contributed by atoms with Crippen LogP contribution in [-0.2, 0) is 14.8 Å². The van der Waals surface area contributed by atoms with E-state index in [1.807, 2.05) is 6.92 Å². The fourth-order valence-electron chi connectivity index (χ4n) is 1.79. The maximum atomic E-state index is 10.8. The molecule has 13 heavy (non-hydrogen) atoms. The normalized spacial score (nSPS) is 22.9. The van der Waals surface area contributed by atoms with E-state index in [9.17, 15) is 8.42 Å². The van der Waals surface area contributed by atoms with Crippen molar-refractivity contribution in [3.8, 4) is 0 Å². The third-order valence-corrected chi connectivity index (χ3v) is 3.56. The van der Waals surface area contributed by atoms with Gasteiger partial charge in [-0.3, -0.25) is 0 Å². The molecule has 1 atom stereocenters. The molecule has 0 bridgehead atoms. The van der Waals surface area contributed by atoms with E-state index in [0.29, 0.717) is 5.92 Å². The third-order valence-electron chi connectivity index (χ3n) is 2.57. The minimum absolute atomic E-state index is 0.0949. The zero-order valence-electron chi connectivity index (χ0n) is 7.90. The average Bonchev–Trinajstić information content (AvgIpc) is 2.03. The Balaban J connectivity index is 2.42. The van der Waals surface area contributed by atoms with E-state index in [1.54, 1.807) is 0 Å². The van der Waals surface area contributed by atoms with Crippen molar-refractivity contribution in [1.29, 1.82) is 0 Å². The summed E-state index contributed by atoms with van der Waals surface area (Å²) in [7, 11) is -3.31. The van der Waals surface area contributed by atoms with Gasteiger partial charge in [-0.1, -0.05) is 6.92 Å². The van der Waals surface area contributed by atoms with Crippen LogP contribution in [0.5, 0.6) is 0 Å². The predicted octanol–water partition coefficient (Wildman–Crippen LogP) is 0.338. The molecule has 0 spiro atoms. The summed E-state index contributed by atoms with van der Waals surface area (Å²) in [5, 5.41) is 4.98. The van der Waals surface area contributed by atoms with Crippen molar-refractivity contribution in [2.75, 3.05) is 19.0 Å². The van der Waals surface area contributed by atoms with E-state index in [1.165, 1.54) is 0 Å². The smallest absolute Gasteiger partial charge is 0.209 e. The van der Waals surface area contributed by atoms with Crippen molar-refractivity contribution in [2.45, 2.75) is 19.8 Å². The second-order valence-corrected chi connectivity index (χ2v) is 5.42. The van der Waals surface area contributed by atoms with Gasteiger partial charge in [-0.2, -0.15) is 0 Å². The molecular formula is C8H17NO3S. The molecule has 0 aromatic heterocycles. The summed E-state index contributed by atoms with van der Waals surface area (Å²) in [5.74, 6) is 0.698. The summed E-state index contributed by atoms with van der Waals surface area (Å²) < 4.78 is 26.9. The first-order chi connectivity index (χ1) is 5.99. The van der Waals surface area contributed by atoms with E-state index in [0.717, 1.165) is 26.1 Å². The molecule has 1 saturated heterocycles. The zero-order chi connectivity index (χ0) is 9.90. The van der Waals surface area contributed by atoms with E-state index < -0.39 is 10.0 Å². The van der Waals surface area contributed by atoms with Crippen LogP contribution in [0, 0.1) is 11.8 Å². The zero-order valence-corrected chi connectivity index (χ0v) is 8.72. The van der Waals surface area contributed by atoms with Crippen LogP contribution in [0.3, 0.4) is 0 Å². The van der Waals surface area contributed by atoms with Crippen molar-refractivity contribution >= 4 is 10.0 Å². The SMILES string of the molecule is CC(CS(N)(=O)=O)C1CCOCC1. The molecule has 0 aromatic rings. The highest BCUT2D eigenvalue weighted by Crippen LogP contribution is 2.23. The number of rotatable bonds is 3. The monoisotopic (exact) mass is 207 g/mol. The summed E-state index contributed by atoms with van der Waals surface area (Å²) in [5.41, 5.74) is 0. The Bertz CT molecular complexity index is 244. The summed E-state index contributed by atoms with van der Waals surface area (Å²) in [6.07, 6.45) is 1.91. The molecule has 0 aromatic carbocycles. The predicted molar refractivity (Wildman–Crippen MR) is 50.7 cm³/mol. The Morgan fingerprint density at radius 1 is 1.46 bits per heavy atom. The molecule has 1 fully saturated rings. The Kier molecular flexibility index (Phi) is 3.70. The van der Waals surface area contributed by atoms with Crippen LogP contribution >= 0.6 is 0 Å². The Hall–Kier alpha value is -0.130. The van der Waals surface area contributed by atoms with Gasteiger partial charge >= 0.3 is 0 Å². The third kappa shape index (κ3) is 4.06. The molecule has 0 amide bonds. The molecule has 1 aliphatic rings. The van der Waals surface area contributed by atoms with Crippen LogP contribution in [0.15, 0.2) is 0 Å². The quantitative estimate of drug-likeness (QED) is 0.725. The number of hydrogen-bond acceptors (Lipinski definition) is 3. The van der Waals surface area contributed by atoms with E-state index in [4.69, 9.17) is 9.88 Å². The molecule has 1 rings (SSSR count). The maximum Gasteiger partial charge on any atom is 0.209 e. The standard InChI is InChI=1S/C8H17NO3S/c1-7(6-13(9,10)11)8-2-4-12-5-3-8/h7-8H,2-6H2,1H3,(H2,9,10,11). The molecule has 2 N–H and O–H groups in total. The minimum Gasteiger partial charge on any atom is -0.381 e. The van der Waals surface area contributed by atoms with Gasteiger partial charge in [0, 0.05) is 13.2 Å². The van der Waals surface area contributed by atoms with Crippen molar-refractivity contribution in [2.24, 2.45) is 17.0 Å². The summed E-state index contributed by atoms with van der Waals surface area (Å²) in [6.45, 7) is 3.44. The van der Waals surface area contributed by atoms with E-state index in [-0.39, 0.29) is 11.7 Å². The first-order valence-electron chi connectivity index (χ1n) is 4.57. The lowest BCUT2D eigenvalue weighted by Gasteiger charge is -2.26. The molecular weight excluding hydrogens is 190 g/mol. The highest BCUT2D eigenvalue weighted by atomic mass is 32.2. The Labute approximate surface area is 79.5 Å². The summed E-state index contributed by atoms with van der Waals surface area (Å²) in [6, 6.07) is 0. The average molecular weight is 207 g/mol. The van der Waals surface area contributed by atoms with Crippen LogP contribution in [-0.4, -0.2) is 27.4 Å². The van der Waals surface area contributed by atoms with Crippen molar-refractivity contribution in [1.82, 2.24) is 0 Å². The van der Waals surface area contributed by atoms with Gasteiger partial charge in [0.2, 0.25) is 10.0 Å². The first kappa shape index (κ1) is 10.9. The largest absolute Gasteiger partial charge is 0.381 e. The van der Waals surface area contributed by atoms with Crippen LogP contribution < -0.4 is 5.14 Å². The minimum atomic E-state index is -3.31. The fraction of sp³-hybridized carbons (Fsp3) is 1.00. The number of sulfonamides is 1. The first-order valence-corrected chi connectivity index (χ1v) is 6.29. The lowest BCUT2D eigenvalue weighted by atomic mass is 9.89. The highest BCUT2D eigenvalue weighted by molar-refractivity contribution is 7.89. The van der Waals surface area contributed by atoms with Gasteiger partial charge in [-0.25, -0.2) is 13.6 Å². The lowest BCUT2D eigenvalue weighted by Crippen LogP contribution is -2.29. The Morgan fingerprint density at radius 2 is 2.00 bits per heavy atom. The number of ether oxygens (including phenoxy) is 1. The van der Waals surface area contributed by atoms with Gasteiger partial charge < -0.3 is 4.74 Å². The Morgan fingerprint density at radius 3 is 2.46 bits per heavy atom. The van der Waals surface area contributed by atoms with Gasteiger partial charge in [0.05, 0.1) is 5.75 Å². The molecule has 5 heteroatoms. The van der Waals surface area contributed by atoms with Gasteiger partial charge in [-0.05, 0) is 24.7 Å².